The van der Waals surface area contributed by atoms with Gasteiger partial charge in [-0.15, -0.1) is 0 Å². The number of fused-ring (bicyclic) bond motifs is 1. The highest BCUT2D eigenvalue weighted by atomic mass is 32.2. The molecule has 0 aliphatic heterocycles. The van der Waals surface area contributed by atoms with E-state index in [0.29, 0.717) is 6.61 Å². The van der Waals surface area contributed by atoms with Gasteiger partial charge in [0.15, 0.2) is 5.16 Å². The molecule has 0 N–H and O–H groups in total. The highest BCUT2D eigenvalue weighted by Crippen LogP contribution is 2.30. The number of benzene rings is 1. The Morgan fingerprint density at radius 3 is 2.79 bits per heavy atom. The van der Waals surface area contributed by atoms with Gasteiger partial charge in [0.05, 0.1) is 5.69 Å². The average Bonchev–Trinajstić information content (AvgIpc) is 2.94. The summed E-state index contributed by atoms with van der Waals surface area (Å²) in [5.41, 5.74) is 3.54. The first-order valence-corrected chi connectivity index (χ1v) is 7.70. The second-order valence-electron chi connectivity index (χ2n) is 4.57. The second-order valence-corrected chi connectivity index (χ2v) is 5.34. The van der Waals surface area contributed by atoms with Crippen LogP contribution in [-0.2, 0) is 19.4 Å². The fraction of sp³-hybridized carbons (Fsp3) is 0.333. The zero-order valence-electron chi connectivity index (χ0n) is 10.9. The molecule has 0 saturated heterocycles. The molecule has 0 unspecified atom stereocenters. The number of aryl methyl sites for hydroxylation is 1. The van der Waals surface area contributed by atoms with Gasteiger partial charge in [-0.3, -0.25) is 0 Å². The molecule has 0 amide bonds. The van der Waals surface area contributed by atoms with Crippen LogP contribution in [0, 0.1) is 0 Å². The van der Waals surface area contributed by atoms with Crippen LogP contribution >= 0.6 is 11.8 Å². The van der Waals surface area contributed by atoms with Crippen molar-refractivity contribution < 1.29 is 4.74 Å². The van der Waals surface area contributed by atoms with Crippen molar-refractivity contribution >= 4 is 11.8 Å². The van der Waals surface area contributed by atoms with Crippen LogP contribution in [0.15, 0.2) is 35.5 Å². The van der Waals surface area contributed by atoms with Crippen molar-refractivity contribution in [3.05, 3.63) is 47.2 Å². The minimum atomic E-state index is 0.568. The minimum absolute atomic E-state index is 0.568. The van der Waals surface area contributed by atoms with Crippen LogP contribution in [0.3, 0.4) is 0 Å². The van der Waals surface area contributed by atoms with Crippen LogP contribution in [0.2, 0.25) is 0 Å². The first kappa shape index (κ1) is 12.5. The Morgan fingerprint density at radius 2 is 2.00 bits per heavy atom. The first-order valence-electron chi connectivity index (χ1n) is 6.47. The summed E-state index contributed by atoms with van der Waals surface area (Å²) in [6, 6.07) is 10.2. The number of rotatable bonds is 4. The second kappa shape index (κ2) is 5.61. The minimum Gasteiger partial charge on any atom is -0.472 e. The van der Waals surface area contributed by atoms with Crippen molar-refractivity contribution in [3.8, 4) is 5.88 Å². The molecule has 1 aromatic heterocycles. The van der Waals surface area contributed by atoms with E-state index in [1.54, 1.807) is 11.8 Å². The molecular weight excluding hydrogens is 256 g/mol. The van der Waals surface area contributed by atoms with Crippen molar-refractivity contribution in [1.29, 1.82) is 0 Å². The Balaban J connectivity index is 1.82. The van der Waals surface area contributed by atoms with E-state index in [0.717, 1.165) is 30.3 Å². The molecule has 0 radical (unpaired) electrons. The van der Waals surface area contributed by atoms with E-state index in [1.165, 1.54) is 16.8 Å². The lowest BCUT2D eigenvalue weighted by atomic mass is 10.2. The Bertz CT molecular complexity index is 572. The van der Waals surface area contributed by atoms with E-state index < -0.39 is 0 Å². The predicted molar refractivity (Wildman–Crippen MR) is 76.6 cm³/mol. The summed E-state index contributed by atoms with van der Waals surface area (Å²) < 4.78 is 5.91. The maximum atomic E-state index is 5.91. The first-order chi connectivity index (χ1) is 9.36. The number of aromatic nitrogens is 2. The third kappa shape index (κ3) is 2.73. The topological polar surface area (TPSA) is 35.0 Å². The molecule has 1 aliphatic carbocycles. The smallest absolute Gasteiger partial charge is 0.221 e. The molecule has 0 saturated carbocycles. The Kier molecular flexibility index (Phi) is 3.69. The number of ether oxygens (including phenoxy) is 1. The molecule has 3 nitrogen and oxygen atoms in total. The van der Waals surface area contributed by atoms with Crippen LogP contribution in [0.5, 0.6) is 5.88 Å². The predicted octanol–water partition coefficient (Wildman–Crippen LogP) is 3.27. The van der Waals surface area contributed by atoms with Gasteiger partial charge < -0.3 is 4.74 Å². The summed E-state index contributed by atoms with van der Waals surface area (Å²) in [5.74, 6) is 0.774. The van der Waals surface area contributed by atoms with Gasteiger partial charge in [-0.25, -0.2) is 4.98 Å². The fourth-order valence-electron chi connectivity index (χ4n) is 2.31. The summed E-state index contributed by atoms with van der Waals surface area (Å²) in [6.07, 6.45) is 5.24. The van der Waals surface area contributed by atoms with E-state index in [9.17, 15) is 0 Å². The summed E-state index contributed by atoms with van der Waals surface area (Å²) in [4.78, 5) is 9.07. The van der Waals surface area contributed by atoms with Crippen LogP contribution in [-0.4, -0.2) is 16.2 Å². The highest BCUT2D eigenvalue weighted by Gasteiger charge is 2.20. The standard InChI is InChI=1S/C15H16N2OS/c1-19-15-16-13-9-5-8-12(13)14(17-15)18-10-11-6-3-2-4-7-11/h2-4,6-7H,5,8-10H2,1H3. The van der Waals surface area contributed by atoms with Crippen LogP contribution < -0.4 is 4.74 Å². The lowest BCUT2D eigenvalue weighted by molar-refractivity contribution is 0.287. The summed E-state index contributed by atoms with van der Waals surface area (Å²) in [5, 5.41) is 0.809. The molecule has 0 spiro atoms. The van der Waals surface area contributed by atoms with Gasteiger partial charge in [0.1, 0.15) is 6.61 Å². The van der Waals surface area contributed by atoms with Gasteiger partial charge >= 0.3 is 0 Å². The van der Waals surface area contributed by atoms with Gasteiger partial charge in [0.2, 0.25) is 5.88 Å². The van der Waals surface area contributed by atoms with Crippen molar-refractivity contribution in [1.82, 2.24) is 9.97 Å². The molecule has 1 aliphatic rings. The maximum Gasteiger partial charge on any atom is 0.221 e. The molecule has 2 aromatic rings. The van der Waals surface area contributed by atoms with E-state index in [1.807, 2.05) is 24.5 Å². The lowest BCUT2D eigenvalue weighted by Gasteiger charge is -2.10. The number of hydrogen-bond acceptors (Lipinski definition) is 4. The zero-order chi connectivity index (χ0) is 13.1. The van der Waals surface area contributed by atoms with E-state index in [-0.39, 0.29) is 0 Å². The SMILES string of the molecule is CSc1nc2c(c(OCc3ccccc3)n1)CCC2. The molecule has 0 fully saturated rings. The average molecular weight is 272 g/mol. The lowest BCUT2D eigenvalue weighted by Crippen LogP contribution is -2.03. The Hall–Kier alpha value is -1.55. The van der Waals surface area contributed by atoms with E-state index >= 15 is 0 Å². The Labute approximate surface area is 117 Å². The maximum absolute atomic E-state index is 5.91. The molecular formula is C15H16N2OS. The highest BCUT2D eigenvalue weighted by molar-refractivity contribution is 7.98. The number of nitrogens with zero attached hydrogens (tertiary/aromatic N) is 2. The molecule has 3 rings (SSSR count). The van der Waals surface area contributed by atoms with Crippen molar-refractivity contribution in [2.24, 2.45) is 0 Å². The molecule has 1 heterocycles. The van der Waals surface area contributed by atoms with Gasteiger partial charge in [0.25, 0.3) is 0 Å². The Morgan fingerprint density at radius 1 is 1.16 bits per heavy atom. The monoisotopic (exact) mass is 272 g/mol. The number of thioether (sulfide) groups is 1. The number of hydrogen-bond donors (Lipinski definition) is 0. The molecule has 0 bridgehead atoms. The third-order valence-corrected chi connectivity index (χ3v) is 3.82. The van der Waals surface area contributed by atoms with Gasteiger partial charge in [0, 0.05) is 5.56 Å². The summed E-state index contributed by atoms with van der Waals surface area (Å²) in [6.45, 7) is 0.568. The molecule has 19 heavy (non-hydrogen) atoms. The molecule has 0 atom stereocenters. The molecule has 4 heteroatoms. The van der Waals surface area contributed by atoms with Crippen molar-refractivity contribution in [2.45, 2.75) is 31.0 Å². The molecule has 98 valence electrons. The summed E-state index contributed by atoms with van der Waals surface area (Å²) in [7, 11) is 0. The van der Waals surface area contributed by atoms with Gasteiger partial charge in [-0.05, 0) is 31.1 Å². The normalized spacial score (nSPS) is 13.3. The quantitative estimate of drug-likeness (QED) is 0.632. The van der Waals surface area contributed by atoms with E-state index in [2.05, 4.69) is 22.1 Å². The third-order valence-electron chi connectivity index (χ3n) is 3.28. The van der Waals surface area contributed by atoms with Crippen molar-refractivity contribution in [2.75, 3.05) is 6.26 Å². The van der Waals surface area contributed by atoms with Crippen LogP contribution in [0.25, 0.3) is 0 Å². The molecule has 1 aromatic carbocycles. The van der Waals surface area contributed by atoms with Gasteiger partial charge in [-0.1, -0.05) is 42.1 Å². The van der Waals surface area contributed by atoms with Crippen LogP contribution in [0.4, 0.5) is 0 Å². The van der Waals surface area contributed by atoms with Gasteiger partial charge in [-0.2, -0.15) is 4.98 Å². The zero-order valence-corrected chi connectivity index (χ0v) is 11.7. The summed E-state index contributed by atoms with van der Waals surface area (Å²) >= 11 is 1.57. The van der Waals surface area contributed by atoms with Crippen LogP contribution in [0.1, 0.15) is 23.2 Å². The largest absolute Gasteiger partial charge is 0.472 e. The fourth-order valence-corrected chi connectivity index (χ4v) is 2.69. The van der Waals surface area contributed by atoms with E-state index in [4.69, 9.17) is 4.74 Å². The van der Waals surface area contributed by atoms with Crippen molar-refractivity contribution in [3.63, 3.8) is 0 Å².